The van der Waals surface area contributed by atoms with Crippen molar-refractivity contribution >= 4 is 11.6 Å². The van der Waals surface area contributed by atoms with Gasteiger partial charge in [0.15, 0.2) is 11.6 Å². The van der Waals surface area contributed by atoms with Crippen molar-refractivity contribution in [3.8, 4) is 5.75 Å². The highest BCUT2D eigenvalue weighted by molar-refractivity contribution is 5.85. The van der Waals surface area contributed by atoms with Crippen molar-refractivity contribution in [2.45, 2.75) is 51.8 Å². The van der Waals surface area contributed by atoms with Crippen LogP contribution >= 0.6 is 0 Å². The molecule has 0 aromatic heterocycles. The minimum absolute atomic E-state index is 0.0131. The SMILES string of the molecule is CCCCCc1ccc(C2=Cc3cc(F)c(OC(F)(F)F)c(F)c3CC2)c(F)c1. The third-order valence-corrected chi connectivity index (χ3v) is 4.95. The van der Waals surface area contributed by atoms with Gasteiger partial charge in [-0.25, -0.2) is 13.2 Å². The van der Waals surface area contributed by atoms with Gasteiger partial charge in [-0.05, 0) is 60.1 Å². The second-order valence-corrected chi connectivity index (χ2v) is 7.06. The van der Waals surface area contributed by atoms with Gasteiger partial charge in [-0.3, -0.25) is 0 Å². The number of hydrogen-bond acceptors (Lipinski definition) is 1. The van der Waals surface area contributed by atoms with E-state index in [9.17, 15) is 26.3 Å². The number of alkyl halides is 3. The van der Waals surface area contributed by atoms with Crippen LogP contribution in [0.3, 0.4) is 0 Å². The van der Waals surface area contributed by atoms with Crippen LogP contribution in [0.1, 0.15) is 54.9 Å². The van der Waals surface area contributed by atoms with Gasteiger partial charge in [-0.15, -0.1) is 13.2 Å². The zero-order valence-corrected chi connectivity index (χ0v) is 15.8. The Balaban J connectivity index is 1.90. The van der Waals surface area contributed by atoms with E-state index in [0.29, 0.717) is 11.1 Å². The first-order valence-corrected chi connectivity index (χ1v) is 9.45. The largest absolute Gasteiger partial charge is 0.573 e. The second kappa shape index (κ2) is 8.51. The Bertz CT molecular complexity index is 930. The molecule has 0 saturated heterocycles. The van der Waals surface area contributed by atoms with Crippen LogP contribution in [0, 0.1) is 17.5 Å². The predicted octanol–water partition coefficient (Wildman–Crippen LogP) is 7.22. The zero-order chi connectivity index (χ0) is 21.2. The molecule has 2 aromatic carbocycles. The first kappa shape index (κ1) is 21.3. The quantitative estimate of drug-likeness (QED) is 0.358. The van der Waals surface area contributed by atoms with E-state index >= 15 is 0 Å². The highest BCUT2D eigenvalue weighted by atomic mass is 19.4. The lowest BCUT2D eigenvalue weighted by Gasteiger charge is -2.20. The van der Waals surface area contributed by atoms with Gasteiger partial charge < -0.3 is 4.74 Å². The lowest BCUT2D eigenvalue weighted by molar-refractivity contribution is -0.276. The van der Waals surface area contributed by atoms with Crippen LogP contribution in [0.15, 0.2) is 24.3 Å². The van der Waals surface area contributed by atoms with Crippen LogP contribution in [-0.4, -0.2) is 6.36 Å². The van der Waals surface area contributed by atoms with Gasteiger partial charge in [-0.2, -0.15) is 0 Å². The molecule has 2 aromatic rings. The van der Waals surface area contributed by atoms with Crippen LogP contribution in [-0.2, 0) is 12.8 Å². The Morgan fingerprint density at radius 3 is 2.38 bits per heavy atom. The summed E-state index contributed by atoms with van der Waals surface area (Å²) in [5, 5.41) is 0. The molecule has 0 fully saturated rings. The molecule has 0 spiro atoms. The number of aryl methyl sites for hydroxylation is 1. The van der Waals surface area contributed by atoms with E-state index in [0.717, 1.165) is 37.3 Å². The first-order chi connectivity index (χ1) is 13.7. The van der Waals surface area contributed by atoms with Gasteiger partial charge in [-0.1, -0.05) is 38.0 Å². The number of allylic oxidation sites excluding steroid dienone is 1. The molecule has 0 bridgehead atoms. The Morgan fingerprint density at radius 1 is 0.966 bits per heavy atom. The molecule has 0 heterocycles. The number of fused-ring (bicyclic) bond motifs is 1. The van der Waals surface area contributed by atoms with Gasteiger partial charge in [0.05, 0.1) is 0 Å². The lowest BCUT2D eigenvalue weighted by atomic mass is 9.87. The molecule has 0 unspecified atom stereocenters. The molecule has 3 rings (SSSR count). The Labute approximate surface area is 165 Å². The molecule has 0 amide bonds. The molecular formula is C22H20F6O. The summed E-state index contributed by atoms with van der Waals surface area (Å²) in [5.74, 6) is -4.72. The number of rotatable bonds is 6. The Kier molecular flexibility index (Phi) is 6.24. The van der Waals surface area contributed by atoms with E-state index in [2.05, 4.69) is 11.7 Å². The average molecular weight is 414 g/mol. The zero-order valence-electron chi connectivity index (χ0n) is 15.8. The summed E-state index contributed by atoms with van der Waals surface area (Å²) in [4.78, 5) is 0. The van der Waals surface area contributed by atoms with Gasteiger partial charge in [0.1, 0.15) is 5.82 Å². The summed E-state index contributed by atoms with van der Waals surface area (Å²) in [7, 11) is 0. The van der Waals surface area contributed by atoms with E-state index in [1.54, 1.807) is 6.07 Å². The topological polar surface area (TPSA) is 9.23 Å². The molecule has 0 saturated carbocycles. The van der Waals surface area contributed by atoms with Crippen molar-refractivity contribution < 1.29 is 31.1 Å². The third kappa shape index (κ3) is 4.95. The van der Waals surface area contributed by atoms with Crippen molar-refractivity contribution in [1.29, 1.82) is 0 Å². The molecule has 1 nitrogen and oxygen atoms in total. The van der Waals surface area contributed by atoms with Crippen molar-refractivity contribution in [1.82, 2.24) is 0 Å². The molecule has 0 radical (unpaired) electrons. The summed E-state index contributed by atoms with van der Waals surface area (Å²) in [6.45, 7) is 2.08. The maximum atomic E-state index is 14.6. The molecule has 1 aliphatic carbocycles. The maximum Gasteiger partial charge on any atom is 0.573 e. The van der Waals surface area contributed by atoms with E-state index < -0.39 is 29.6 Å². The van der Waals surface area contributed by atoms with Crippen molar-refractivity contribution in [3.05, 3.63) is 64.0 Å². The van der Waals surface area contributed by atoms with Crippen LogP contribution in [0.2, 0.25) is 0 Å². The number of benzene rings is 2. The van der Waals surface area contributed by atoms with Crippen LogP contribution in [0.4, 0.5) is 26.3 Å². The molecule has 7 heteroatoms. The molecule has 0 atom stereocenters. The fourth-order valence-electron chi connectivity index (χ4n) is 3.54. The molecule has 0 aliphatic heterocycles. The van der Waals surface area contributed by atoms with E-state index in [1.165, 1.54) is 12.1 Å². The van der Waals surface area contributed by atoms with Gasteiger partial charge in [0, 0.05) is 5.56 Å². The summed E-state index contributed by atoms with van der Waals surface area (Å²) in [6, 6.07) is 5.71. The van der Waals surface area contributed by atoms with Crippen LogP contribution in [0.25, 0.3) is 11.6 Å². The van der Waals surface area contributed by atoms with E-state index in [4.69, 9.17) is 0 Å². The maximum absolute atomic E-state index is 14.6. The number of halogens is 6. The number of hydrogen-bond donors (Lipinski definition) is 0. The minimum Gasteiger partial charge on any atom is -0.399 e. The fourth-order valence-corrected chi connectivity index (χ4v) is 3.54. The minimum atomic E-state index is -5.20. The van der Waals surface area contributed by atoms with Crippen LogP contribution in [0.5, 0.6) is 5.75 Å². The van der Waals surface area contributed by atoms with Gasteiger partial charge >= 0.3 is 6.36 Å². The Hall–Kier alpha value is -2.44. The van der Waals surface area contributed by atoms with Gasteiger partial charge in [0.2, 0.25) is 5.75 Å². The molecule has 1 aliphatic rings. The standard InChI is InChI=1S/C22H20F6O/c1-2-3-4-5-13-6-8-16(18(23)10-13)14-7-9-17-15(11-14)12-19(24)21(20(17)25)29-22(26,27)28/h6,8,10-12H,2-5,7,9H2,1H3. The summed E-state index contributed by atoms with van der Waals surface area (Å²) in [6.07, 6.45) is 0.299. The second-order valence-electron chi connectivity index (χ2n) is 7.06. The molecule has 29 heavy (non-hydrogen) atoms. The van der Waals surface area contributed by atoms with Crippen molar-refractivity contribution in [2.75, 3.05) is 0 Å². The molecule has 0 N–H and O–H groups in total. The highest BCUT2D eigenvalue weighted by Gasteiger charge is 2.35. The van der Waals surface area contributed by atoms with Crippen molar-refractivity contribution in [3.63, 3.8) is 0 Å². The van der Waals surface area contributed by atoms with Crippen molar-refractivity contribution in [2.24, 2.45) is 0 Å². The average Bonchev–Trinajstić information content (AvgIpc) is 2.64. The normalized spacial score (nSPS) is 13.8. The highest BCUT2D eigenvalue weighted by Crippen LogP contribution is 2.38. The van der Waals surface area contributed by atoms with Crippen LogP contribution < -0.4 is 4.74 Å². The van der Waals surface area contributed by atoms with E-state index in [-0.39, 0.29) is 24.0 Å². The summed E-state index contributed by atoms with van der Waals surface area (Å²) >= 11 is 0. The van der Waals surface area contributed by atoms with Gasteiger partial charge in [0.25, 0.3) is 0 Å². The third-order valence-electron chi connectivity index (χ3n) is 4.95. The lowest BCUT2D eigenvalue weighted by Crippen LogP contribution is -2.20. The number of ether oxygens (including phenoxy) is 1. The number of unbranched alkanes of at least 4 members (excludes halogenated alkanes) is 2. The monoisotopic (exact) mass is 414 g/mol. The summed E-state index contributed by atoms with van der Waals surface area (Å²) < 4.78 is 83.6. The predicted molar refractivity (Wildman–Crippen MR) is 98.9 cm³/mol. The smallest absolute Gasteiger partial charge is 0.399 e. The molecule has 156 valence electrons. The Morgan fingerprint density at radius 2 is 1.72 bits per heavy atom. The first-order valence-electron chi connectivity index (χ1n) is 9.45. The van der Waals surface area contributed by atoms with E-state index in [1.807, 2.05) is 6.07 Å². The fraction of sp³-hybridized carbons (Fsp3) is 0.364. The summed E-state index contributed by atoms with van der Waals surface area (Å²) in [5.41, 5.74) is 1.75. The molecular weight excluding hydrogens is 394 g/mol.